The third-order valence-electron chi connectivity index (χ3n) is 1.98. The van der Waals surface area contributed by atoms with Crippen LogP contribution in [0.25, 0.3) is 0 Å². The van der Waals surface area contributed by atoms with Gasteiger partial charge in [-0.2, -0.15) is 0 Å². The summed E-state index contributed by atoms with van der Waals surface area (Å²) in [5.41, 5.74) is 0.913. The summed E-state index contributed by atoms with van der Waals surface area (Å²) in [5, 5.41) is 8.71. The van der Waals surface area contributed by atoms with E-state index in [1.807, 2.05) is 24.3 Å². The molecule has 1 amide bonds. The average molecular weight is 179 g/mol. The minimum absolute atomic E-state index is 0.117. The number of para-hydroxylation sites is 1. The van der Waals surface area contributed by atoms with Gasteiger partial charge in [0.25, 0.3) is 0 Å². The lowest BCUT2D eigenvalue weighted by Crippen LogP contribution is -2.35. The van der Waals surface area contributed by atoms with E-state index in [4.69, 9.17) is 9.84 Å². The van der Waals surface area contributed by atoms with Gasteiger partial charge in [-0.25, -0.2) is 4.79 Å². The van der Waals surface area contributed by atoms with Crippen LogP contribution in [0.2, 0.25) is 0 Å². The molecule has 68 valence electrons. The fourth-order valence-electron chi connectivity index (χ4n) is 1.30. The smallest absolute Gasteiger partial charge is 0.410 e. The Bertz CT molecular complexity index is 337. The van der Waals surface area contributed by atoms with Crippen molar-refractivity contribution in [1.29, 1.82) is 0 Å². The fraction of sp³-hybridized carbons (Fsp3) is 0.222. The Morgan fingerprint density at radius 3 is 3.00 bits per heavy atom. The number of ether oxygens (including phenoxy) is 1. The van der Waals surface area contributed by atoms with Crippen molar-refractivity contribution in [2.45, 2.75) is 6.54 Å². The van der Waals surface area contributed by atoms with Crippen molar-refractivity contribution in [3.05, 3.63) is 29.8 Å². The summed E-state index contributed by atoms with van der Waals surface area (Å²) in [6.07, 6.45) is -0.950. The zero-order chi connectivity index (χ0) is 9.26. The van der Waals surface area contributed by atoms with Crippen LogP contribution in [0.4, 0.5) is 4.79 Å². The molecule has 0 fully saturated rings. The molecule has 0 unspecified atom stereocenters. The van der Waals surface area contributed by atoms with Crippen LogP contribution in [0, 0.1) is 0 Å². The van der Waals surface area contributed by atoms with Gasteiger partial charge in [-0.3, -0.25) is 4.90 Å². The molecular formula is C9H9NO3. The molecule has 1 N–H and O–H groups in total. The van der Waals surface area contributed by atoms with Gasteiger partial charge in [0, 0.05) is 5.56 Å². The molecule has 0 saturated heterocycles. The first-order chi connectivity index (χ1) is 6.27. The van der Waals surface area contributed by atoms with E-state index >= 15 is 0 Å². The SMILES string of the molecule is O=C(O)N1COc2ccccc2C1. The Hall–Kier alpha value is -1.71. The van der Waals surface area contributed by atoms with Gasteiger partial charge >= 0.3 is 6.09 Å². The highest BCUT2D eigenvalue weighted by Crippen LogP contribution is 2.23. The lowest BCUT2D eigenvalue weighted by Gasteiger charge is -2.26. The van der Waals surface area contributed by atoms with Crippen molar-refractivity contribution in [3.8, 4) is 5.75 Å². The monoisotopic (exact) mass is 179 g/mol. The van der Waals surface area contributed by atoms with Crippen LogP contribution in [0.5, 0.6) is 5.75 Å². The summed E-state index contributed by atoms with van der Waals surface area (Å²) in [6.45, 7) is 0.526. The molecule has 13 heavy (non-hydrogen) atoms. The van der Waals surface area contributed by atoms with E-state index in [-0.39, 0.29) is 6.73 Å². The lowest BCUT2D eigenvalue weighted by atomic mass is 10.2. The Balaban J connectivity index is 2.24. The summed E-state index contributed by atoms with van der Waals surface area (Å²) >= 11 is 0. The molecule has 0 radical (unpaired) electrons. The predicted molar refractivity (Wildman–Crippen MR) is 45.5 cm³/mol. The lowest BCUT2D eigenvalue weighted by molar-refractivity contribution is 0.0810. The molecule has 2 rings (SSSR count). The van der Waals surface area contributed by atoms with Crippen molar-refractivity contribution >= 4 is 6.09 Å². The molecule has 1 aromatic rings. The number of hydrogen-bond donors (Lipinski definition) is 1. The standard InChI is InChI=1S/C9H9NO3/c11-9(12)10-5-7-3-1-2-4-8(7)13-6-10/h1-4H,5-6H2,(H,11,12). The van der Waals surface area contributed by atoms with Crippen molar-refractivity contribution in [1.82, 2.24) is 4.90 Å². The van der Waals surface area contributed by atoms with E-state index in [1.165, 1.54) is 4.90 Å². The number of carbonyl (C=O) groups is 1. The molecule has 4 nitrogen and oxygen atoms in total. The molecule has 4 heteroatoms. The molecule has 1 heterocycles. The molecule has 1 aliphatic rings. The van der Waals surface area contributed by atoms with Gasteiger partial charge in [0.1, 0.15) is 5.75 Å². The number of benzene rings is 1. The summed E-state index contributed by atoms with van der Waals surface area (Å²) in [6, 6.07) is 7.45. The molecule has 0 atom stereocenters. The molecular weight excluding hydrogens is 170 g/mol. The van der Waals surface area contributed by atoms with Crippen molar-refractivity contribution in [2.75, 3.05) is 6.73 Å². The maximum absolute atomic E-state index is 10.6. The van der Waals surface area contributed by atoms with E-state index in [9.17, 15) is 4.79 Å². The second-order valence-corrected chi connectivity index (χ2v) is 2.86. The van der Waals surface area contributed by atoms with Crippen molar-refractivity contribution in [2.24, 2.45) is 0 Å². The van der Waals surface area contributed by atoms with Gasteiger partial charge in [-0.05, 0) is 6.07 Å². The van der Waals surface area contributed by atoms with Gasteiger partial charge in [0.15, 0.2) is 6.73 Å². The van der Waals surface area contributed by atoms with Gasteiger partial charge in [0.05, 0.1) is 6.54 Å². The fourth-order valence-corrected chi connectivity index (χ4v) is 1.30. The summed E-state index contributed by atoms with van der Waals surface area (Å²) in [7, 11) is 0. The number of hydrogen-bond acceptors (Lipinski definition) is 2. The second-order valence-electron chi connectivity index (χ2n) is 2.86. The Kier molecular flexibility index (Phi) is 1.81. The minimum Gasteiger partial charge on any atom is -0.473 e. The zero-order valence-corrected chi connectivity index (χ0v) is 6.93. The van der Waals surface area contributed by atoms with Crippen LogP contribution in [0.1, 0.15) is 5.56 Å². The average Bonchev–Trinajstić information content (AvgIpc) is 2.17. The first-order valence-electron chi connectivity index (χ1n) is 3.96. The van der Waals surface area contributed by atoms with E-state index in [0.29, 0.717) is 6.54 Å². The summed E-state index contributed by atoms with van der Waals surface area (Å²) in [5.74, 6) is 0.778. The molecule has 1 aliphatic heterocycles. The highest BCUT2D eigenvalue weighted by atomic mass is 16.5. The maximum Gasteiger partial charge on any atom is 0.410 e. The second kappa shape index (κ2) is 2.97. The minimum atomic E-state index is -0.950. The largest absolute Gasteiger partial charge is 0.473 e. The number of carboxylic acid groups (broad SMARTS) is 1. The molecule has 0 spiro atoms. The highest BCUT2D eigenvalue weighted by molar-refractivity contribution is 5.65. The first-order valence-corrected chi connectivity index (χ1v) is 3.96. The van der Waals surface area contributed by atoms with Crippen LogP contribution in [0.3, 0.4) is 0 Å². The number of fused-ring (bicyclic) bond motifs is 1. The maximum atomic E-state index is 10.6. The van der Waals surface area contributed by atoms with E-state index in [1.54, 1.807) is 0 Å². The van der Waals surface area contributed by atoms with Gasteiger partial charge in [0.2, 0.25) is 0 Å². The van der Waals surface area contributed by atoms with E-state index in [2.05, 4.69) is 0 Å². The quantitative estimate of drug-likeness (QED) is 0.656. The Labute approximate surface area is 75.3 Å². The first kappa shape index (κ1) is 7.91. The zero-order valence-electron chi connectivity index (χ0n) is 6.93. The van der Waals surface area contributed by atoms with Crippen LogP contribution in [-0.2, 0) is 6.54 Å². The van der Waals surface area contributed by atoms with E-state index in [0.717, 1.165) is 11.3 Å². The third-order valence-corrected chi connectivity index (χ3v) is 1.98. The summed E-state index contributed by atoms with van der Waals surface area (Å²) in [4.78, 5) is 11.8. The van der Waals surface area contributed by atoms with Crippen LogP contribution >= 0.6 is 0 Å². The topological polar surface area (TPSA) is 49.8 Å². The van der Waals surface area contributed by atoms with Crippen LogP contribution in [-0.4, -0.2) is 22.8 Å². The molecule has 0 aromatic heterocycles. The third kappa shape index (κ3) is 1.42. The van der Waals surface area contributed by atoms with Gasteiger partial charge in [-0.1, -0.05) is 18.2 Å². The molecule has 0 aliphatic carbocycles. The van der Waals surface area contributed by atoms with Crippen molar-refractivity contribution < 1.29 is 14.6 Å². The normalized spacial score (nSPS) is 14.6. The van der Waals surface area contributed by atoms with Crippen molar-refractivity contribution in [3.63, 3.8) is 0 Å². The number of amides is 1. The molecule has 0 bridgehead atoms. The number of rotatable bonds is 0. The van der Waals surface area contributed by atoms with Crippen LogP contribution < -0.4 is 4.74 Å². The number of nitrogens with zero attached hydrogens (tertiary/aromatic N) is 1. The predicted octanol–water partition coefficient (Wildman–Crippen LogP) is 1.52. The Morgan fingerprint density at radius 2 is 2.23 bits per heavy atom. The Morgan fingerprint density at radius 1 is 1.46 bits per heavy atom. The van der Waals surface area contributed by atoms with E-state index < -0.39 is 6.09 Å². The van der Waals surface area contributed by atoms with Crippen LogP contribution in [0.15, 0.2) is 24.3 Å². The van der Waals surface area contributed by atoms with Gasteiger partial charge in [-0.15, -0.1) is 0 Å². The summed E-state index contributed by atoms with van der Waals surface area (Å²) < 4.78 is 5.24. The van der Waals surface area contributed by atoms with Gasteiger partial charge < -0.3 is 9.84 Å². The molecule has 1 aromatic carbocycles. The molecule has 0 saturated carbocycles. The highest BCUT2D eigenvalue weighted by Gasteiger charge is 2.19.